The lowest BCUT2D eigenvalue weighted by Gasteiger charge is -2.22. The SMILES string of the molecule is CN(Cc1ccc(F)cc1)c1ccc(Br)cc1/C(N)=N/O. The normalized spacial score (nSPS) is 11.5. The monoisotopic (exact) mass is 351 g/mol. The number of nitrogens with zero attached hydrogens (tertiary/aromatic N) is 2. The molecule has 0 bridgehead atoms. The van der Waals surface area contributed by atoms with E-state index in [9.17, 15) is 4.39 Å². The molecule has 2 aromatic carbocycles. The highest BCUT2D eigenvalue weighted by Crippen LogP contribution is 2.25. The van der Waals surface area contributed by atoms with E-state index < -0.39 is 0 Å². The molecule has 0 saturated carbocycles. The Bertz CT molecular complexity index is 658. The molecule has 0 spiro atoms. The van der Waals surface area contributed by atoms with E-state index in [-0.39, 0.29) is 11.7 Å². The summed E-state index contributed by atoms with van der Waals surface area (Å²) in [5.74, 6) is -0.223. The van der Waals surface area contributed by atoms with Gasteiger partial charge in [0, 0.05) is 29.3 Å². The summed E-state index contributed by atoms with van der Waals surface area (Å²) >= 11 is 3.37. The predicted octanol–water partition coefficient (Wildman–Crippen LogP) is 3.32. The van der Waals surface area contributed by atoms with E-state index in [2.05, 4.69) is 21.1 Å². The van der Waals surface area contributed by atoms with E-state index in [0.717, 1.165) is 15.7 Å². The maximum atomic E-state index is 12.9. The zero-order chi connectivity index (χ0) is 15.4. The molecule has 3 N–H and O–H groups in total. The first-order chi connectivity index (χ1) is 10.0. The van der Waals surface area contributed by atoms with Crippen LogP contribution in [0.5, 0.6) is 0 Å². The second-order valence-corrected chi connectivity index (χ2v) is 5.54. The fraction of sp³-hybridized carbons (Fsp3) is 0.133. The average molecular weight is 352 g/mol. The Morgan fingerprint density at radius 3 is 2.57 bits per heavy atom. The predicted molar refractivity (Wildman–Crippen MR) is 85.2 cm³/mol. The number of hydrogen-bond donors (Lipinski definition) is 2. The lowest BCUT2D eigenvalue weighted by atomic mass is 10.1. The van der Waals surface area contributed by atoms with Crippen LogP contribution in [0.25, 0.3) is 0 Å². The molecule has 0 unspecified atom stereocenters. The first-order valence-corrected chi connectivity index (χ1v) is 7.03. The lowest BCUT2D eigenvalue weighted by Crippen LogP contribution is -2.22. The molecule has 0 aliphatic heterocycles. The largest absolute Gasteiger partial charge is 0.409 e. The Kier molecular flexibility index (Phi) is 4.80. The van der Waals surface area contributed by atoms with Gasteiger partial charge in [-0.15, -0.1) is 0 Å². The summed E-state index contributed by atoms with van der Waals surface area (Å²) in [4.78, 5) is 1.95. The Morgan fingerprint density at radius 2 is 1.95 bits per heavy atom. The minimum Gasteiger partial charge on any atom is -0.409 e. The van der Waals surface area contributed by atoms with Crippen molar-refractivity contribution < 1.29 is 9.60 Å². The number of amidine groups is 1. The van der Waals surface area contributed by atoms with Crippen LogP contribution in [0.2, 0.25) is 0 Å². The van der Waals surface area contributed by atoms with Gasteiger partial charge in [0.1, 0.15) is 5.82 Å². The molecule has 0 heterocycles. The summed E-state index contributed by atoms with van der Waals surface area (Å²) in [7, 11) is 1.89. The second-order valence-electron chi connectivity index (χ2n) is 4.63. The van der Waals surface area contributed by atoms with Crippen LogP contribution < -0.4 is 10.6 Å². The van der Waals surface area contributed by atoms with Gasteiger partial charge < -0.3 is 15.8 Å². The first-order valence-electron chi connectivity index (χ1n) is 6.24. The molecule has 0 saturated heterocycles. The molecule has 0 aliphatic rings. The Balaban J connectivity index is 2.30. The van der Waals surface area contributed by atoms with Crippen molar-refractivity contribution in [2.24, 2.45) is 10.9 Å². The topological polar surface area (TPSA) is 61.8 Å². The van der Waals surface area contributed by atoms with Gasteiger partial charge in [-0.2, -0.15) is 0 Å². The standard InChI is InChI=1S/C15H15BrFN3O/c1-20(9-10-2-5-12(17)6-3-10)14-7-4-11(16)8-13(14)15(18)19-21/h2-8,21H,9H2,1H3,(H2,18,19). The number of benzene rings is 2. The van der Waals surface area contributed by atoms with E-state index in [4.69, 9.17) is 10.9 Å². The number of rotatable bonds is 4. The van der Waals surface area contributed by atoms with Gasteiger partial charge >= 0.3 is 0 Å². The van der Waals surface area contributed by atoms with Crippen molar-refractivity contribution >= 4 is 27.5 Å². The van der Waals surface area contributed by atoms with Gasteiger partial charge in [-0.3, -0.25) is 0 Å². The molecule has 21 heavy (non-hydrogen) atoms. The molecule has 2 rings (SSSR count). The minimum atomic E-state index is -0.262. The van der Waals surface area contributed by atoms with E-state index in [1.165, 1.54) is 12.1 Å². The molecule has 4 nitrogen and oxygen atoms in total. The first kappa shape index (κ1) is 15.3. The van der Waals surface area contributed by atoms with Gasteiger partial charge in [0.05, 0.1) is 0 Å². The fourth-order valence-corrected chi connectivity index (χ4v) is 2.41. The summed E-state index contributed by atoms with van der Waals surface area (Å²) in [5, 5.41) is 12.0. The van der Waals surface area contributed by atoms with Crippen LogP contribution in [0.1, 0.15) is 11.1 Å². The maximum Gasteiger partial charge on any atom is 0.172 e. The van der Waals surface area contributed by atoms with Crippen LogP contribution in [0.15, 0.2) is 52.1 Å². The van der Waals surface area contributed by atoms with Crippen LogP contribution in [0, 0.1) is 5.82 Å². The highest BCUT2D eigenvalue weighted by Gasteiger charge is 2.12. The van der Waals surface area contributed by atoms with Crippen LogP contribution in [0.4, 0.5) is 10.1 Å². The maximum absolute atomic E-state index is 12.9. The number of hydrogen-bond acceptors (Lipinski definition) is 3. The highest BCUT2D eigenvalue weighted by atomic mass is 79.9. The van der Waals surface area contributed by atoms with E-state index in [1.807, 2.05) is 24.1 Å². The molecule has 2 aromatic rings. The number of nitrogens with two attached hydrogens (primary N) is 1. The molecular weight excluding hydrogens is 337 g/mol. The van der Waals surface area contributed by atoms with Crippen molar-refractivity contribution in [3.63, 3.8) is 0 Å². The quantitative estimate of drug-likeness (QED) is 0.384. The third kappa shape index (κ3) is 3.72. The van der Waals surface area contributed by atoms with Crippen molar-refractivity contribution in [2.75, 3.05) is 11.9 Å². The van der Waals surface area contributed by atoms with Gasteiger partial charge in [-0.1, -0.05) is 33.2 Å². The molecule has 0 radical (unpaired) electrons. The van der Waals surface area contributed by atoms with Crippen LogP contribution >= 0.6 is 15.9 Å². The second kappa shape index (κ2) is 6.58. The van der Waals surface area contributed by atoms with Crippen molar-refractivity contribution in [1.82, 2.24) is 0 Å². The summed E-state index contributed by atoms with van der Waals surface area (Å²) in [6.45, 7) is 0.577. The molecule has 0 amide bonds. The number of halogens is 2. The Morgan fingerprint density at radius 1 is 1.29 bits per heavy atom. The van der Waals surface area contributed by atoms with E-state index >= 15 is 0 Å². The summed E-state index contributed by atoms with van der Waals surface area (Å²) < 4.78 is 13.8. The van der Waals surface area contributed by atoms with Crippen LogP contribution in [-0.2, 0) is 6.54 Å². The van der Waals surface area contributed by atoms with Gasteiger partial charge in [-0.25, -0.2) is 4.39 Å². The van der Waals surface area contributed by atoms with Crippen molar-refractivity contribution in [3.05, 3.63) is 63.9 Å². The Labute approximate surface area is 130 Å². The molecule has 6 heteroatoms. The molecule has 0 aliphatic carbocycles. The zero-order valence-corrected chi connectivity index (χ0v) is 13.0. The van der Waals surface area contributed by atoms with Gasteiger partial charge in [0.15, 0.2) is 5.84 Å². The molecule has 0 fully saturated rings. The van der Waals surface area contributed by atoms with Gasteiger partial charge in [0.2, 0.25) is 0 Å². The highest BCUT2D eigenvalue weighted by molar-refractivity contribution is 9.10. The van der Waals surface area contributed by atoms with Crippen LogP contribution in [-0.4, -0.2) is 18.1 Å². The summed E-state index contributed by atoms with van der Waals surface area (Å²) in [6.07, 6.45) is 0. The third-order valence-electron chi connectivity index (χ3n) is 3.09. The molecular formula is C15H15BrFN3O. The lowest BCUT2D eigenvalue weighted by molar-refractivity contribution is 0.318. The molecule has 110 valence electrons. The third-order valence-corrected chi connectivity index (χ3v) is 3.58. The minimum absolute atomic E-state index is 0.0391. The van der Waals surface area contributed by atoms with E-state index in [1.54, 1.807) is 18.2 Å². The average Bonchev–Trinajstić information content (AvgIpc) is 2.48. The molecule has 0 atom stereocenters. The van der Waals surface area contributed by atoms with Gasteiger partial charge in [0.25, 0.3) is 0 Å². The smallest absolute Gasteiger partial charge is 0.172 e. The van der Waals surface area contributed by atoms with Crippen molar-refractivity contribution in [2.45, 2.75) is 6.54 Å². The van der Waals surface area contributed by atoms with Crippen molar-refractivity contribution in [1.29, 1.82) is 0 Å². The molecule has 0 aromatic heterocycles. The zero-order valence-electron chi connectivity index (χ0n) is 11.4. The number of oxime groups is 1. The summed E-state index contributed by atoms with van der Waals surface area (Å²) in [5.41, 5.74) is 8.12. The fourth-order valence-electron chi connectivity index (χ4n) is 2.05. The van der Waals surface area contributed by atoms with Crippen molar-refractivity contribution in [3.8, 4) is 0 Å². The number of anilines is 1. The van der Waals surface area contributed by atoms with Crippen LogP contribution in [0.3, 0.4) is 0 Å². The summed E-state index contributed by atoms with van der Waals surface area (Å²) in [6, 6.07) is 11.9. The Hall–Kier alpha value is -2.08. The van der Waals surface area contributed by atoms with Gasteiger partial charge in [-0.05, 0) is 35.9 Å². The van der Waals surface area contributed by atoms with E-state index in [0.29, 0.717) is 12.1 Å².